The van der Waals surface area contributed by atoms with Crippen LogP contribution in [0.3, 0.4) is 0 Å². The molecule has 5 atom stereocenters. The molecule has 3 saturated carbocycles. The van der Waals surface area contributed by atoms with Crippen LogP contribution in [0.1, 0.15) is 25.7 Å². The molecule has 0 aromatic heterocycles. The van der Waals surface area contributed by atoms with E-state index in [0.29, 0.717) is 11.8 Å². The highest BCUT2D eigenvalue weighted by atomic mass is 16.2. The standard InChI is InChI=1S/C17H18N2O/c20-17-15-11-6-9-5-10(8-11)12(7-9)16(15)18-13-3-1-2-4-14(13)19-17/h1-4,9-12,15H,5-8H2,(H,19,20). The summed E-state index contributed by atoms with van der Waals surface area (Å²) < 4.78 is 0. The number of nitrogens with one attached hydrogen (secondary N) is 1. The van der Waals surface area contributed by atoms with Gasteiger partial charge in [-0.15, -0.1) is 0 Å². The fourth-order valence-electron chi connectivity index (χ4n) is 5.24. The summed E-state index contributed by atoms with van der Waals surface area (Å²) in [5.41, 5.74) is 3.03. The van der Waals surface area contributed by atoms with Crippen LogP contribution in [0, 0.1) is 29.6 Å². The second-order valence-corrected chi connectivity index (χ2v) is 6.96. The van der Waals surface area contributed by atoms with E-state index in [1.165, 1.54) is 31.4 Å². The third-order valence-corrected chi connectivity index (χ3v) is 5.90. The van der Waals surface area contributed by atoms with E-state index >= 15 is 0 Å². The van der Waals surface area contributed by atoms with E-state index in [2.05, 4.69) is 5.32 Å². The molecule has 3 heteroatoms. The van der Waals surface area contributed by atoms with Gasteiger partial charge >= 0.3 is 0 Å². The molecule has 1 N–H and O–H groups in total. The van der Waals surface area contributed by atoms with Crippen molar-refractivity contribution in [3.63, 3.8) is 0 Å². The van der Waals surface area contributed by atoms with Gasteiger partial charge < -0.3 is 5.32 Å². The van der Waals surface area contributed by atoms with Crippen LogP contribution in [-0.4, -0.2) is 11.6 Å². The van der Waals surface area contributed by atoms with Gasteiger partial charge in [-0.05, 0) is 55.6 Å². The van der Waals surface area contributed by atoms with Crippen LogP contribution in [0.25, 0.3) is 0 Å². The van der Waals surface area contributed by atoms with Crippen LogP contribution in [0.15, 0.2) is 29.3 Å². The van der Waals surface area contributed by atoms with Gasteiger partial charge in [0, 0.05) is 11.6 Å². The van der Waals surface area contributed by atoms with Gasteiger partial charge in [0.1, 0.15) is 0 Å². The van der Waals surface area contributed by atoms with Crippen molar-refractivity contribution in [2.24, 2.45) is 34.6 Å². The minimum absolute atomic E-state index is 0.0361. The molecule has 0 radical (unpaired) electrons. The Bertz CT molecular complexity index is 634. The predicted molar refractivity (Wildman–Crippen MR) is 78.1 cm³/mol. The largest absolute Gasteiger partial charge is 0.324 e. The van der Waals surface area contributed by atoms with Crippen LogP contribution in [0.2, 0.25) is 0 Å². The number of benzene rings is 1. The third-order valence-electron chi connectivity index (χ3n) is 5.90. The molecule has 1 aromatic rings. The number of hydrogen-bond donors (Lipinski definition) is 1. The molecule has 1 aliphatic heterocycles. The zero-order valence-corrected chi connectivity index (χ0v) is 11.4. The summed E-state index contributed by atoms with van der Waals surface area (Å²) >= 11 is 0. The molecule has 3 bridgehead atoms. The molecule has 3 nitrogen and oxygen atoms in total. The summed E-state index contributed by atoms with van der Waals surface area (Å²) in [5, 5.41) is 3.11. The maximum Gasteiger partial charge on any atom is 0.233 e. The number of amides is 1. The van der Waals surface area contributed by atoms with E-state index in [-0.39, 0.29) is 11.8 Å². The number of anilines is 1. The topological polar surface area (TPSA) is 41.5 Å². The van der Waals surface area contributed by atoms with Crippen LogP contribution in [-0.2, 0) is 4.79 Å². The molecule has 5 rings (SSSR count). The molecule has 5 unspecified atom stereocenters. The van der Waals surface area contributed by atoms with Crippen molar-refractivity contribution in [3.8, 4) is 0 Å². The Balaban J connectivity index is 1.70. The van der Waals surface area contributed by atoms with Crippen molar-refractivity contribution in [2.45, 2.75) is 25.7 Å². The van der Waals surface area contributed by atoms with Gasteiger partial charge in [-0.25, -0.2) is 0 Å². The Hall–Kier alpha value is -1.64. The normalized spacial score (nSPS) is 40.5. The summed E-state index contributed by atoms with van der Waals surface area (Å²) in [6.07, 6.45) is 5.12. The monoisotopic (exact) mass is 266 g/mol. The Kier molecular flexibility index (Phi) is 2.06. The average Bonchev–Trinajstić information content (AvgIpc) is 2.59. The number of carbonyl (C=O) groups excluding carboxylic acids is 1. The Morgan fingerprint density at radius 1 is 1.05 bits per heavy atom. The van der Waals surface area contributed by atoms with Crippen molar-refractivity contribution < 1.29 is 4.79 Å². The first-order valence-corrected chi connectivity index (χ1v) is 7.78. The van der Waals surface area contributed by atoms with Gasteiger partial charge in [0.25, 0.3) is 0 Å². The maximum absolute atomic E-state index is 12.7. The molecular weight excluding hydrogens is 248 g/mol. The Labute approximate surface area is 118 Å². The van der Waals surface area contributed by atoms with Crippen molar-refractivity contribution in [1.82, 2.24) is 0 Å². The molecule has 4 aliphatic rings. The fourth-order valence-corrected chi connectivity index (χ4v) is 5.24. The molecule has 1 amide bonds. The molecule has 102 valence electrons. The van der Waals surface area contributed by atoms with E-state index < -0.39 is 0 Å². The summed E-state index contributed by atoms with van der Waals surface area (Å²) in [5.74, 6) is 2.97. The number of nitrogens with zero attached hydrogens (tertiary/aromatic N) is 1. The van der Waals surface area contributed by atoms with E-state index in [9.17, 15) is 4.79 Å². The number of fused-ring (bicyclic) bond motifs is 6. The molecule has 1 aromatic carbocycles. The van der Waals surface area contributed by atoms with E-state index in [1.54, 1.807) is 0 Å². The van der Waals surface area contributed by atoms with Crippen LogP contribution >= 0.6 is 0 Å². The number of para-hydroxylation sites is 2. The molecular formula is C17H18N2O. The van der Waals surface area contributed by atoms with Gasteiger partial charge in [-0.2, -0.15) is 0 Å². The lowest BCUT2D eigenvalue weighted by molar-refractivity contribution is -0.120. The number of rotatable bonds is 0. The minimum Gasteiger partial charge on any atom is -0.324 e. The van der Waals surface area contributed by atoms with E-state index in [0.717, 1.165) is 23.2 Å². The van der Waals surface area contributed by atoms with Crippen molar-refractivity contribution >= 4 is 23.0 Å². The molecule has 3 aliphatic carbocycles. The van der Waals surface area contributed by atoms with E-state index in [4.69, 9.17) is 4.99 Å². The van der Waals surface area contributed by atoms with Crippen LogP contribution in [0.5, 0.6) is 0 Å². The molecule has 3 fully saturated rings. The second-order valence-electron chi connectivity index (χ2n) is 6.96. The first kappa shape index (κ1) is 11.1. The molecule has 0 saturated heterocycles. The second kappa shape index (κ2) is 3.72. The lowest BCUT2D eigenvalue weighted by Crippen LogP contribution is -2.44. The third kappa shape index (κ3) is 1.36. The first-order chi connectivity index (χ1) is 9.79. The highest BCUT2D eigenvalue weighted by Crippen LogP contribution is 2.57. The number of aliphatic imine (C=N–C) groups is 1. The SMILES string of the molecule is O=C1Nc2ccccc2N=C2C3CC4CC3CC(C4)C12. The quantitative estimate of drug-likeness (QED) is 0.768. The van der Waals surface area contributed by atoms with Gasteiger partial charge in [0.05, 0.1) is 17.3 Å². The summed E-state index contributed by atoms with van der Waals surface area (Å²) in [6, 6.07) is 7.95. The van der Waals surface area contributed by atoms with Gasteiger partial charge in [0.2, 0.25) is 5.91 Å². The smallest absolute Gasteiger partial charge is 0.233 e. The summed E-state index contributed by atoms with van der Waals surface area (Å²) in [6.45, 7) is 0. The van der Waals surface area contributed by atoms with Gasteiger partial charge in [-0.3, -0.25) is 9.79 Å². The predicted octanol–water partition coefficient (Wildman–Crippen LogP) is 3.39. The van der Waals surface area contributed by atoms with Gasteiger partial charge in [-0.1, -0.05) is 12.1 Å². The number of carbonyl (C=O) groups is 1. The minimum atomic E-state index is 0.0361. The fraction of sp³-hybridized carbons (Fsp3) is 0.529. The summed E-state index contributed by atoms with van der Waals surface area (Å²) in [7, 11) is 0. The lowest BCUT2D eigenvalue weighted by atomic mass is 9.65. The molecule has 20 heavy (non-hydrogen) atoms. The Morgan fingerprint density at radius 3 is 2.85 bits per heavy atom. The Morgan fingerprint density at radius 2 is 1.90 bits per heavy atom. The highest BCUT2D eigenvalue weighted by molar-refractivity contribution is 6.14. The van der Waals surface area contributed by atoms with Crippen LogP contribution in [0.4, 0.5) is 11.4 Å². The van der Waals surface area contributed by atoms with E-state index in [1.807, 2.05) is 24.3 Å². The maximum atomic E-state index is 12.7. The zero-order valence-electron chi connectivity index (χ0n) is 11.4. The zero-order chi connectivity index (χ0) is 13.3. The molecule has 0 spiro atoms. The lowest BCUT2D eigenvalue weighted by Gasteiger charge is -2.39. The molecule has 1 heterocycles. The average molecular weight is 266 g/mol. The summed E-state index contributed by atoms with van der Waals surface area (Å²) in [4.78, 5) is 17.6. The van der Waals surface area contributed by atoms with Crippen molar-refractivity contribution in [1.29, 1.82) is 0 Å². The van der Waals surface area contributed by atoms with Crippen molar-refractivity contribution in [3.05, 3.63) is 24.3 Å². The van der Waals surface area contributed by atoms with Gasteiger partial charge in [0.15, 0.2) is 0 Å². The van der Waals surface area contributed by atoms with Crippen molar-refractivity contribution in [2.75, 3.05) is 5.32 Å². The highest BCUT2D eigenvalue weighted by Gasteiger charge is 2.54. The first-order valence-electron chi connectivity index (χ1n) is 7.78. The number of hydrogen-bond acceptors (Lipinski definition) is 2. The van der Waals surface area contributed by atoms with Crippen LogP contribution < -0.4 is 5.32 Å².